The molecule has 0 spiro atoms. The van der Waals surface area contributed by atoms with Crippen molar-refractivity contribution in [2.45, 2.75) is 39.2 Å². The number of rotatable bonds is 7. The zero-order valence-electron chi connectivity index (χ0n) is 19.0. The number of amides is 2. The SMILES string of the molecule is COc1ccc(CCC(=O)N2CCCN(C(=O)c3cc(Cl)ccc3OC(C)C)CC2)cc1. The zero-order chi connectivity index (χ0) is 23.1. The molecular formula is C25H31ClN2O4. The van der Waals surface area contributed by atoms with Crippen LogP contribution in [0, 0.1) is 0 Å². The number of carbonyl (C=O) groups excluding carboxylic acids is 2. The monoisotopic (exact) mass is 458 g/mol. The molecule has 1 heterocycles. The minimum absolute atomic E-state index is 0.0503. The average molecular weight is 459 g/mol. The van der Waals surface area contributed by atoms with Crippen LogP contribution >= 0.6 is 11.6 Å². The maximum Gasteiger partial charge on any atom is 0.257 e. The summed E-state index contributed by atoms with van der Waals surface area (Å²) in [5.74, 6) is 1.34. The lowest BCUT2D eigenvalue weighted by Crippen LogP contribution is -2.37. The molecule has 32 heavy (non-hydrogen) atoms. The summed E-state index contributed by atoms with van der Waals surface area (Å²) in [5.41, 5.74) is 1.56. The van der Waals surface area contributed by atoms with Crippen LogP contribution in [0.4, 0.5) is 0 Å². The molecule has 2 aromatic rings. The van der Waals surface area contributed by atoms with Crippen molar-refractivity contribution in [2.24, 2.45) is 0 Å². The number of hydrogen-bond acceptors (Lipinski definition) is 4. The lowest BCUT2D eigenvalue weighted by Gasteiger charge is -2.23. The third-order valence-electron chi connectivity index (χ3n) is 5.46. The summed E-state index contributed by atoms with van der Waals surface area (Å²) in [4.78, 5) is 29.6. The first-order valence-corrected chi connectivity index (χ1v) is 11.4. The number of halogens is 1. The van der Waals surface area contributed by atoms with Gasteiger partial charge in [-0.3, -0.25) is 9.59 Å². The second-order valence-electron chi connectivity index (χ2n) is 8.18. The molecule has 0 saturated carbocycles. The molecule has 2 amide bonds. The Morgan fingerprint density at radius 2 is 1.69 bits per heavy atom. The lowest BCUT2D eigenvalue weighted by molar-refractivity contribution is -0.131. The minimum Gasteiger partial charge on any atom is -0.497 e. The molecule has 1 aliphatic heterocycles. The Morgan fingerprint density at radius 3 is 2.38 bits per heavy atom. The van der Waals surface area contributed by atoms with Crippen LogP contribution in [0.3, 0.4) is 0 Å². The minimum atomic E-state index is -0.115. The van der Waals surface area contributed by atoms with Gasteiger partial charge in [0, 0.05) is 37.6 Å². The van der Waals surface area contributed by atoms with Crippen molar-refractivity contribution in [3.05, 3.63) is 58.6 Å². The van der Waals surface area contributed by atoms with E-state index in [4.69, 9.17) is 21.1 Å². The molecule has 0 N–H and O–H groups in total. The first kappa shape index (κ1) is 23.9. The summed E-state index contributed by atoms with van der Waals surface area (Å²) in [6.45, 7) is 6.09. The molecule has 0 radical (unpaired) electrons. The Bertz CT molecular complexity index is 930. The molecule has 3 rings (SSSR count). The highest BCUT2D eigenvalue weighted by Crippen LogP contribution is 2.26. The van der Waals surface area contributed by atoms with E-state index in [0.29, 0.717) is 55.4 Å². The standard InChI is InChI=1S/C25H31ClN2O4/c1-18(2)32-23-11-8-20(26)17-22(23)25(30)28-14-4-13-27(15-16-28)24(29)12-7-19-5-9-21(31-3)10-6-19/h5-6,8-11,17-18H,4,7,12-16H2,1-3H3. The quantitative estimate of drug-likeness (QED) is 0.615. The van der Waals surface area contributed by atoms with E-state index in [9.17, 15) is 9.59 Å². The van der Waals surface area contributed by atoms with E-state index < -0.39 is 0 Å². The van der Waals surface area contributed by atoms with Gasteiger partial charge in [0.2, 0.25) is 5.91 Å². The Balaban J connectivity index is 1.59. The van der Waals surface area contributed by atoms with Gasteiger partial charge in [-0.1, -0.05) is 23.7 Å². The Kier molecular flexibility index (Phi) is 8.39. The molecule has 172 valence electrons. The third-order valence-corrected chi connectivity index (χ3v) is 5.69. The average Bonchev–Trinajstić information content (AvgIpc) is 3.04. The molecule has 0 unspecified atom stereocenters. The van der Waals surface area contributed by atoms with E-state index in [1.54, 1.807) is 30.2 Å². The van der Waals surface area contributed by atoms with Gasteiger partial charge >= 0.3 is 0 Å². The maximum atomic E-state index is 13.2. The Morgan fingerprint density at radius 1 is 1.00 bits per heavy atom. The van der Waals surface area contributed by atoms with Crippen molar-refractivity contribution in [3.8, 4) is 11.5 Å². The van der Waals surface area contributed by atoms with E-state index in [1.165, 1.54) is 0 Å². The molecule has 0 atom stereocenters. The second kappa shape index (κ2) is 11.2. The number of ether oxygens (including phenoxy) is 2. The van der Waals surface area contributed by atoms with Crippen LogP contribution in [-0.2, 0) is 11.2 Å². The first-order valence-electron chi connectivity index (χ1n) is 11.0. The summed E-state index contributed by atoms with van der Waals surface area (Å²) in [6, 6.07) is 12.9. The summed E-state index contributed by atoms with van der Waals surface area (Å²) in [5, 5.41) is 0.495. The highest BCUT2D eigenvalue weighted by atomic mass is 35.5. The lowest BCUT2D eigenvalue weighted by atomic mass is 10.1. The van der Waals surface area contributed by atoms with Crippen molar-refractivity contribution in [2.75, 3.05) is 33.3 Å². The number of benzene rings is 2. The van der Waals surface area contributed by atoms with Crippen LogP contribution in [0.1, 0.15) is 42.6 Å². The van der Waals surface area contributed by atoms with Gasteiger partial charge in [-0.2, -0.15) is 0 Å². The molecule has 2 aromatic carbocycles. The van der Waals surface area contributed by atoms with Gasteiger partial charge < -0.3 is 19.3 Å². The van der Waals surface area contributed by atoms with Crippen LogP contribution < -0.4 is 9.47 Å². The summed E-state index contributed by atoms with van der Waals surface area (Å²) in [6.07, 6.45) is 1.81. The molecule has 6 nitrogen and oxygen atoms in total. The number of hydrogen-bond donors (Lipinski definition) is 0. The van der Waals surface area contributed by atoms with Crippen LogP contribution in [0.25, 0.3) is 0 Å². The van der Waals surface area contributed by atoms with E-state index in [-0.39, 0.29) is 17.9 Å². The smallest absolute Gasteiger partial charge is 0.257 e. The van der Waals surface area contributed by atoms with Crippen LogP contribution in [-0.4, -0.2) is 61.0 Å². The first-order chi connectivity index (χ1) is 15.4. The van der Waals surface area contributed by atoms with Crippen molar-refractivity contribution in [1.82, 2.24) is 9.80 Å². The molecule has 7 heteroatoms. The molecule has 0 aromatic heterocycles. The Labute approximate surface area is 195 Å². The van der Waals surface area contributed by atoms with Gasteiger partial charge in [-0.05, 0) is 62.6 Å². The largest absolute Gasteiger partial charge is 0.497 e. The number of nitrogens with zero attached hydrogens (tertiary/aromatic N) is 2. The van der Waals surface area contributed by atoms with Crippen LogP contribution in [0.2, 0.25) is 5.02 Å². The van der Waals surface area contributed by atoms with Gasteiger partial charge in [0.1, 0.15) is 11.5 Å². The third kappa shape index (κ3) is 6.39. The fraction of sp³-hybridized carbons (Fsp3) is 0.440. The van der Waals surface area contributed by atoms with Crippen molar-refractivity contribution < 1.29 is 19.1 Å². The van der Waals surface area contributed by atoms with Gasteiger partial charge in [0.25, 0.3) is 5.91 Å². The molecule has 1 aliphatic rings. The van der Waals surface area contributed by atoms with Gasteiger partial charge in [0.15, 0.2) is 0 Å². The number of carbonyl (C=O) groups is 2. The summed E-state index contributed by atoms with van der Waals surface area (Å²) >= 11 is 6.15. The van der Waals surface area contributed by atoms with Crippen LogP contribution in [0.5, 0.6) is 11.5 Å². The molecule has 1 fully saturated rings. The fourth-order valence-corrected chi connectivity index (χ4v) is 3.94. The van der Waals surface area contributed by atoms with Gasteiger partial charge in [0.05, 0.1) is 18.8 Å². The normalized spacial score (nSPS) is 14.3. The highest BCUT2D eigenvalue weighted by Gasteiger charge is 2.25. The molecular weight excluding hydrogens is 428 g/mol. The second-order valence-corrected chi connectivity index (χ2v) is 8.62. The predicted molar refractivity (Wildman–Crippen MR) is 126 cm³/mol. The zero-order valence-corrected chi connectivity index (χ0v) is 19.7. The number of aryl methyl sites for hydroxylation is 1. The topological polar surface area (TPSA) is 59.1 Å². The maximum absolute atomic E-state index is 13.2. The highest BCUT2D eigenvalue weighted by molar-refractivity contribution is 6.31. The van der Waals surface area contributed by atoms with Crippen LogP contribution in [0.15, 0.2) is 42.5 Å². The number of methoxy groups -OCH3 is 1. The van der Waals surface area contributed by atoms with Crippen molar-refractivity contribution in [3.63, 3.8) is 0 Å². The van der Waals surface area contributed by atoms with Crippen molar-refractivity contribution in [1.29, 1.82) is 0 Å². The van der Waals surface area contributed by atoms with Gasteiger partial charge in [-0.15, -0.1) is 0 Å². The predicted octanol–water partition coefficient (Wildman–Crippen LogP) is 4.44. The van der Waals surface area contributed by atoms with Crippen molar-refractivity contribution >= 4 is 23.4 Å². The molecule has 0 aliphatic carbocycles. The van der Waals surface area contributed by atoms with Gasteiger partial charge in [-0.25, -0.2) is 0 Å². The van der Waals surface area contributed by atoms with E-state index in [1.807, 2.05) is 43.0 Å². The van der Waals surface area contributed by atoms with E-state index >= 15 is 0 Å². The fourth-order valence-electron chi connectivity index (χ4n) is 3.77. The molecule has 1 saturated heterocycles. The Hall–Kier alpha value is -2.73. The summed E-state index contributed by atoms with van der Waals surface area (Å²) in [7, 11) is 1.64. The molecule has 0 bridgehead atoms. The van der Waals surface area contributed by atoms with E-state index in [0.717, 1.165) is 17.7 Å². The summed E-state index contributed by atoms with van der Waals surface area (Å²) < 4.78 is 11.0. The van der Waals surface area contributed by atoms with E-state index in [2.05, 4.69) is 0 Å².